The van der Waals surface area contributed by atoms with Crippen LogP contribution in [0.1, 0.15) is 19.8 Å². The summed E-state index contributed by atoms with van der Waals surface area (Å²) in [4.78, 5) is 13.5. The van der Waals surface area contributed by atoms with Gasteiger partial charge >= 0.3 is 0 Å². The van der Waals surface area contributed by atoms with E-state index in [-0.39, 0.29) is 5.91 Å². The van der Waals surface area contributed by atoms with E-state index in [0.29, 0.717) is 45.9 Å². The first-order chi connectivity index (χ1) is 7.76. The summed E-state index contributed by atoms with van der Waals surface area (Å²) in [6.07, 6.45) is 1.40. The van der Waals surface area contributed by atoms with Crippen LogP contribution in [-0.2, 0) is 14.3 Å². The molecule has 5 nitrogen and oxygen atoms in total. The Bertz CT molecular complexity index is 177. The first kappa shape index (κ1) is 15.3. The van der Waals surface area contributed by atoms with Crippen LogP contribution in [0.5, 0.6) is 0 Å². The van der Waals surface area contributed by atoms with Gasteiger partial charge in [0.15, 0.2) is 0 Å². The van der Waals surface area contributed by atoms with Gasteiger partial charge in [-0.25, -0.2) is 0 Å². The number of nitrogens with two attached hydrogens (primary N) is 1. The maximum atomic E-state index is 11.7. The van der Waals surface area contributed by atoms with Gasteiger partial charge in [-0.3, -0.25) is 4.79 Å². The predicted octanol–water partition coefficient (Wildman–Crippen LogP) is 0.237. The molecule has 0 aliphatic heterocycles. The Balaban J connectivity index is 3.77. The van der Waals surface area contributed by atoms with Gasteiger partial charge in [0.25, 0.3) is 0 Å². The molecule has 16 heavy (non-hydrogen) atoms. The van der Waals surface area contributed by atoms with E-state index < -0.39 is 0 Å². The van der Waals surface area contributed by atoms with Gasteiger partial charge in [0.1, 0.15) is 0 Å². The van der Waals surface area contributed by atoms with Crippen molar-refractivity contribution >= 4 is 5.91 Å². The maximum absolute atomic E-state index is 11.7. The van der Waals surface area contributed by atoms with E-state index in [2.05, 4.69) is 0 Å². The van der Waals surface area contributed by atoms with E-state index >= 15 is 0 Å². The highest BCUT2D eigenvalue weighted by Crippen LogP contribution is 1.95. The molecular formula is C11H24N2O3. The minimum absolute atomic E-state index is 0.0820. The predicted molar refractivity (Wildman–Crippen MR) is 63.2 cm³/mol. The molecular weight excluding hydrogens is 208 g/mol. The van der Waals surface area contributed by atoms with E-state index in [1.165, 1.54) is 0 Å². The van der Waals surface area contributed by atoms with Crippen LogP contribution in [0.3, 0.4) is 0 Å². The topological polar surface area (TPSA) is 64.8 Å². The van der Waals surface area contributed by atoms with Crippen molar-refractivity contribution in [3.63, 3.8) is 0 Å². The molecule has 0 fully saturated rings. The van der Waals surface area contributed by atoms with Gasteiger partial charge in [-0.1, -0.05) is 6.92 Å². The Morgan fingerprint density at radius 2 is 2.00 bits per heavy atom. The van der Waals surface area contributed by atoms with Gasteiger partial charge in [0.2, 0.25) is 5.91 Å². The molecule has 0 bridgehead atoms. The minimum atomic E-state index is 0.0820. The second-order valence-corrected chi connectivity index (χ2v) is 3.52. The van der Waals surface area contributed by atoms with Gasteiger partial charge in [-0.05, 0) is 6.42 Å². The molecule has 0 spiro atoms. The summed E-state index contributed by atoms with van der Waals surface area (Å²) in [7, 11) is 1.62. The molecule has 5 heteroatoms. The highest BCUT2D eigenvalue weighted by Gasteiger charge is 2.11. The van der Waals surface area contributed by atoms with Gasteiger partial charge in [0.05, 0.1) is 19.6 Å². The zero-order valence-electron chi connectivity index (χ0n) is 10.4. The van der Waals surface area contributed by atoms with E-state index in [1.54, 1.807) is 12.0 Å². The monoisotopic (exact) mass is 232 g/mol. The van der Waals surface area contributed by atoms with Crippen LogP contribution in [0.4, 0.5) is 0 Å². The fraction of sp³-hybridized carbons (Fsp3) is 0.909. The quantitative estimate of drug-likeness (QED) is 0.548. The molecule has 0 aromatic carbocycles. The maximum Gasteiger partial charge on any atom is 0.225 e. The third-order valence-electron chi connectivity index (χ3n) is 2.13. The highest BCUT2D eigenvalue weighted by molar-refractivity contribution is 5.76. The summed E-state index contributed by atoms with van der Waals surface area (Å²) >= 11 is 0. The zero-order chi connectivity index (χ0) is 12.2. The van der Waals surface area contributed by atoms with Gasteiger partial charge in [0, 0.05) is 33.4 Å². The molecule has 0 aliphatic rings. The molecule has 0 unspecified atom stereocenters. The van der Waals surface area contributed by atoms with Crippen molar-refractivity contribution in [1.29, 1.82) is 0 Å². The zero-order valence-corrected chi connectivity index (χ0v) is 10.4. The summed E-state index contributed by atoms with van der Waals surface area (Å²) in [5, 5.41) is 0. The van der Waals surface area contributed by atoms with E-state index in [4.69, 9.17) is 15.2 Å². The van der Waals surface area contributed by atoms with Crippen molar-refractivity contribution in [2.24, 2.45) is 5.73 Å². The van der Waals surface area contributed by atoms with E-state index in [1.807, 2.05) is 6.92 Å². The number of nitrogens with zero attached hydrogens (tertiary/aromatic N) is 1. The Morgan fingerprint density at radius 1 is 1.25 bits per heavy atom. The number of ether oxygens (including phenoxy) is 2. The molecule has 0 aromatic heterocycles. The summed E-state index contributed by atoms with van der Waals surface area (Å²) in [5.74, 6) is 0.0820. The van der Waals surface area contributed by atoms with Crippen molar-refractivity contribution in [2.75, 3.05) is 46.6 Å². The summed E-state index contributed by atoms with van der Waals surface area (Å²) in [6.45, 7) is 5.44. The Morgan fingerprint density at radius 3 is 2.56 bits per heavy atom. The van der Waals surface area contributed by atoms with Crippen LogP contribution in [0.2, 0.25) is 0 Å². The smallest absolute Gasteiger partial charge is 0.225 e. The molecule has 0 aliphatic carbocycles. The first-order valence-corrected chi connectivity index (χ1v) is 5.80. The fourth-order valence-electron chi connectivity index (χ4n) is 1.28. The lowest BCUT2D eigenvalue weighted by atomic mass is 10.3. The molecule has 0 aromatic rings. The average Bonchev–Trinajstić information content (AvgIpc) is 2.29. The molecule has 2 N–H and O–H groups in total. The molecule has 0 saturated heterocycles. The number of hydrogen-bond donors (Lipinski definition) is 1. The van der Waals surface area contributed by atoms with Crippen molar-refractivity contribution in [2.45, 2.75) is 19.8 Å². The molecule has 0 radical (unpaired) electrons. The van der Waals surface area contributed by atoms with Crippen LogP contribution < -0.4 is 5.73 Å². The standard InChI is InChI=1S/C11H24N2O3/c1-3-8-16-9-4-11(14)13(6-5-12)7-10-15-2/h3-10,12H2,1-2H3. The number of hydrogen-bond acceptors (Lipinski definition) is 4. The van der Waals surface area contributed by atoms with Crippen LogP contribution in [0, 0.1) is 0 Å². The normalized spacial score (nSPS) is 10.4. The summed E-state index contributed by atoms with van der Waals surface area (Å²) in [5.41, 5.74) is 5.45. The molecule has 1 amide bonds. The van der Waals surface area contributed by atoms with Gasteiger partial charge in [-0.15, -0.1) is 0 Å². The van der Waals surface area contributed by atoms with Crippen molar-refractivity contribution in [1.82, 2.24) is 4.90 Å². The van der Waals surface area contributed by atoms with E-state index in [0.717, 1.165) is 6.42 Å². The second kappa shape index (κ2) is 10.9. The molecule has 0 saturated carbocycles. The highest BCUT2D eigenvalue weighted by atomic mass is 16.5. The Labute approximate surface area is 97.9 Å². The third-order valence-corrected chi connectivity index (χ3v) is 2.13. The van der Waals surface area contributed by atoms with Crippen LogP contribution in [0.25, 0.3) is 0 Å². The van der Waals surface area contributed by atoms with Crippen molar-refractivity contribution < 1.29 is 14.3 Å². The first-order valence-electron chi connectivity index (χ1n) is 5.80. The molecule has 0 heterocycles. The van der Waals surface area contributed by atoms with Crippen molar-refractivity contribution in [3.8, 4) is 0 Å². The number of rotatable bonds is 10. The third kappa shape index (κ3) is 7.62. The number of amides is 1. The number of carbonyl (C=O) groups excluding carboxylic acids is 1. The lowest BCUT2D eigenvalue weighted by molar-refractivity contribution is -0.132. The molecule has 96 valence electrons. The second-order valence-electron chi connectivity index (χ2n) is 3.52. The molecule has 0 atom stereocenters. The minimum Gasteiger partial charge on any atom is -0.383 e. The summed E-state index contributed by atoms with van der Waals surface area (Å²) < 4.78 is 10.2. The van der Waals surface area contributed by atoms with Gasteiger partial charge < -0.3 is 20.1 Å². The number of methoxy groups -OCH3 is 1. The van der Waals surface area contributed by atoms with Crippen molar-refractivity contribution in [3.05, 3.63) is 0 Å². The largest absolute Gasteiger partial charge is 0.383 e. The Kier molecular flexibility index (Phi) is 10.4. The molecule has 0 rings (SSSR count). The van der Waals surface area contributed by atoms with Crippen LogP contribution >= 0.6 is 0 Å². The summed E-state index contributed by atoms with van der Waals surface area (Å²) in [6, 6.07) is 0. The SMILES string of the molecule is CCCOCCC(=O)N(CCN)CCOC. The average molecular weight is 232 g/mol. The fourth-order valence-corrected chi connectivity index (χ4v) is 1.28. The lowest BCUT2D eigenvalue weighted by Gasteiger charge is -2.21. The number of carbonyl (C=O) groups is 1. The Hall–Kier alpha value is -0.650. The van der Waals surface area contributed by atoms with Gasteiger partial charge in [-0.2, -0.15) is 0 Å². The van der Waals surface area contributed by atoms with E-state index in [9.17, 15) is 4.79 Å². The van der Waals surface area contributed by atoms with Crippen LogP contribution in [0.15, 0.2) is 0 Å². The lowest BCUT2D eigenvalue weighted by Crippen LogP contribution is -2.38. The van der Waals surface area contributed by atoms with Crippen LogP contribution in [-0.4, -0.2) is 57.4 Å².